The van der Waals surface area contributed by atoms with E-state index in [9.17, 15) is 10.1 Å². The molecule has 0 radical (unpaired) electrons. The number of nitriles is 1. The molecular formula is C19H16N2O2S2. The van der Waals surface area contributed by atoms with Crippen molar-refractivity contribution in [2.75, 3.05) is 6.61 Å². The lowest BCUT2D eigenvalue weighted by Crippen LogP contribution is -2.29. The number of thiol groups is 1. The van der Waals surface area contributed by atoms with Gasteiger partial charge in [0.05, 0.1) is 22.6 Å². The predicted molar refractivity (Wildman–Crippen MR) is 101 cm³/mol. The van der Waals surface area contributed by atoms with Crippen LogP contribution in [0.2, 0.25) is 0 Å². The quantitative estimate of drug-likeness (QED) is 0.783. The number of nitrogens with zero attached hydrogens (tertiary/aromatic N) is 1. The number of hydrogen-bond donors (Lipinski definition) is 2. The number of rotatable bonds is 5. The minimum Gasteiger partial charge on any atom is -0.485 e. The Kier molecular flexibility index (Phi) is 5.27. The fourth-order valence-corrected chi connectivity index (χ4v) is 3.85. The highest BCUT2D eigenvalue weighted by Gasteiger charge is 2.33. The van der Waals surface area contributed by atoms with E-state index >= 15 is 0 Å². The van der Waals surface area contributed by atoms with Gasteiger partial charge in [-0.25, -0.2) is 0 Å². The Balaban J connectivity index is 1.90. The molecule has 0 spiro atoms. The van der Waals surface area contributed by atoms with Crippen LogP contribution in [0.15, 0.2) is 69.0 Å². The highest BCUT2D eigenvalue weighted by atomic mass is 32.1. The minimum absolute atomic E-state index is 0.0837. The monoisotopic (exact) mass is 368 g/mol. The number of nitrogens with one attached hydrogen (secondary N) is 1. The SMILES string of the molecule is CC1=C(C(=O)COc2ccccc2)C(c2ccsc2)C(C#N)=C(S)N1. The first-order valence-corrected chi connectivity index (χ1v) is 9.05. The molecule has 1 unspecified atom stereocenters. The zero-order chi connectivity index (χ0) is 17.8. The highest BCUT2D eigenvalue weighted by molar-refractivity contribution is 7.84. The van der Waals surface area contributed by atoms with Crippen molar-refractivity contribution in [1.29, 1.82) is 5.26 Å². The average Bonchev–Trinajstić information content (AvgIpc) is 3.14. The Morgan fingerprint density at radius 1 is 1.36 bits per heavy atom. The van der Waals surface area contributed by atoms with E-state index in [1.165, 1.54) is 11.3 Å². The number of Topliss-reactive ketones (excluding diaryl/α,β-unsaturated/α-hetero) is 1. The van der Waals surface area contributed by atoms with Gasteiger partial charge in [-0.2, -0.15) is 16.6 Å². The van der Waals surface area contributed by atoms with Crippen LogP contribution < -0.4 is 10.1 Å². The Bertz CT molecular complexity index is 878. The molecule has 3 rings (SSSR count). The van der Waals surface area contributed by atoms with Crippen LogP contribution in [0.1, 0.15) is 18.4 Å². The Labute approximate surface area is 155 Å². The predicted octanol–water partition coefficient (Wildman–Crippen LogP) is 4.02. The summed E-state index contributed by atoms with van der Waals surface area (Å²) in [5, 5.41) is 17.0. The van der Waals surface area contributed by atoms with E-state index in [-0.39, 0.29) is 12.4 Å². The molecule has 0 bridgehead atoms. The maximum atomic E-state index is 12.9. The zero-order valence-corrected chi connectivity index (χ0v) is 15.2. The maximum Gasteiger partial charge on any atom is 0.198 e. The molecule has 0 amide bonds. The van der Waals surface area contributed by atoms with E-state index in [0.29, 0.717) is 27.6 Å². The van der Waals surface area contributed by atoms with Crippen LogP contribution in [0.3, 0.4) is 0 Å². The highest BCUT2D eigenvalue weighted by Crippen LogP contribution is 2.39. The van der Waals surface area contributed by atoms with Gasteiger partial charge in [0.15, 0.2) is 12.4 Å². The summed E-state index contributed by atoms with van der Waals surface area (Å²) < 4.78 is 5.60. The number of allylic oxidation sites excluding steroid dienone is 2. The first-order chi connectivity index (χ1) is 12.1. The standard InChI is InChI=1S/C19H16N2O2S2/c1-12-17(16(22)10-23-14-5-3-2-4-6-14)18(13-7-8-25-11-13)15(9-20)19(24)21-12/h2-8,11,18,21,24H,10H2,1H3. The van der Waals surface area contributed by atoms with E-state index in [1.807, 2.05) is 41.9 Å². The summed E-state index contributed by atoms with van der Waals surface area (Å²) in [7, 11) is 0. The van der Waals surface area contributed by atoms with Crippen molar-refractivity contribution in [1.82, 2.24) is 5.32 Å². The number of ketones is 1. The van der Waals surface area contributed by atoms with E-state index in [0.717, 1.165) is 5.56 Å². The van der Waals surface area contributed by atoms with Gasteiger partial charge in [0, 0.05) is 11.3 Å². The molecule has 1 aromatic heterocycles. The number of benzene rings is 1. The van der Waals surface area contributed by atoms with Crippen LogP contribution in [0.5, 0.6) is 5.75 Å². The van der Waals surface area contributed by atoms with Crippen molar-refractivity contribution in [2.45, 2.75) is 12.8 Å². The van der Waals surface area contributed by atoms with E-state index in [1.54, 1.807) is 12.1 Å². The molecule has 1 aliphatic heterocycles. The first kappa shape index (κ1) is 17.3. The third-order valence-corrected chi connectivity index (χ3v) is 5.01. The topological polar surface area (TPSA) is 62.1 Å². The van der Waals surface area contributed by atoms with Gasteiger partial charge in [0.1, 0.15) is 5.75 Å². The van der Waals surface area contributed by atoms with Crippen LogP contribution in [0.4, 0.5) is 0 Å². The molecule has 2 aromatic rings. The van der Waals surface area contributed by atoms with Crippen LogP contribution in [0, 0.1) is 11.3 Å². The average molecular weight is 368 g/mol. The number of hydrogen-bond acceptors (Lipinski definition) is 6. The van der Waals surface area contributed by atoms with Crippen LogP contribution in [0.25, 0.3) is 0 Å². The molecule has 25 heavy (non-hydrogen) atoms. The lowest BCUT2D eigenvalue weighted by molar-refractivity contribution is -0.117. The summed E-state index contributed by atoms with van der Waals surface area (Å²) >= 11 is 5.91. The summed E-state index contributed by atoms with van der Waals surface area (Å²) in [6.07, 6.45) is 0. The van der Waals surface area contributed by atoms with E-state index in [2.05, 4.69) is 24.0 Å². The van der Waals surface area contributed by atoms with Gasteiger partial charge in [-0.15, -0.1) is 12.6 Å². The normalized spacial score (nSPS) is 17.1. The van der Waals surface area contributed by atoms with Gasteiger partial charge in [0.2, 0.25) is 0 Å². The second kappa shape index (κ2) is 7.60. The van der Waals surface area contributed by atoms with Crippen molar-refractivity contribution >= 4 is 29.7 Å². The molecule has 0 saturated heterocycles. The first-order valence-electron chi connectivity index (χ1n) is 7.66. The molecule has 126 valence electrons. The number of dihydropyridines is 1. The van der Waals surface area contributed by atoms with Crippen molar-refractivity contribution in [3.63, 3.8) is 0 Å². The smallest absolute Gasteiger partial charge is 0.198 e. The number of thiophene rings is 1. The van der Waals surface area contributed by atoms with Gasteiger partial charge in [-0.05, 0) is 41.4 Å². The summed E-state index contributed by atoms with van der Waals surface area (Å²) in [6, 6.07) is 13.3. The molecule has 1 aliphatic rings. The molecule has 0 aliphatic carbocycles. The lowest BCUT2D eigenvalue weighted by atomic mass is 9.82. The van der Waals surface area contributed by atoms with Crippen LogP contribution in [-0.4, -0.2) is 12.4 Å². The van der Waals surface area contributed by atoms with Gasteiger partial charge in [0.25, 0.3) is 0 Å². The van der Waals surface area contributed by atoms with Gasteiger partial charge in [-0.1, -0.05) is 18.2 Å². The second-order valence-corrected chi connectivity index (χ2v) is 6.78. The molecule has 6 heteroatoms. The van der Waals surface area contributed by atoms with Crippen molar-refractivity contribution in [3.05, 3.63) is 74.6 Å². The van der Waals surface area contributed by atoms with Crippen molar-refractivity contribution in [2.24, 2.45) is 0 Å². The number of carbonyl (C=O) groups excluding carboxylic acids is 1. The van der Waals surface area contributed by atoms with Crippen molar-refractivity contribution < 1.29 is 9.53 Å². The molecule has 0 fully saturated rings. The lowest BCUT2D eigenvalue weighted by Gasteiger charge is -2.27. The largest absolute Gasteiger partial charge is 0.485 e. The third kappa shape index (κ3) is 3.63. The third-order valence-electron chi connectivity index (χ3n) is 3.95. The van der Waals surface area contributed by atoms with Gasteiger partial charge < -0.3 is 10.1 Å². The molecule has 1 aromatic carbocycles. The summed E-state index contributed by atoms with van der Waals surface area (Å²) in [4.78, 5) is 12.9. The fraction of sp³-hybridized carbons (Fsp3) is 0.158. The summed E-state index contributed by atoms with van der Waals surface area (Å²) in [5.74, 6) is 0.0615. The summed E-state index contributed by atoms with van der Waals surface area (Å²) in [6.45, 7) is 1.74. The van der Waals surface area contributed by atoms with E-state index in [4.69, 9.17) is 4.74 Å². The van der Waals surface area contributed by atoms with Crippen LogP contribution >= 0.6 is 24.0 Å². The maximum absolute atomic E-state index is 12.9. The Hall–Kier alpha value is -2.49. The summed E-state index contributed by atoms with van der Waals surface area (Å²) in [5.41, 5.74) is 2.60. The molecular weight excluding hydrogens is 352 g/mol. The van der Waals surface area contributed by atoms with Gasteiger partial charge in [-0.3, -0.25) is 4.79 Å². The molecule has 1 atom stereocenters. The number of para-hydroxylation sites is 1. The Morgan fingerprint density at radius 3 is 2.76 bits per heavy atom. The van der Waals surface area contributed by atoms with Crippen LogP contribution in [-0.2, 0) is 4.79 Å². The fourth-order valence-electron chi connectivity index (χ4n) is 2.81. The zero-order valence-electron chi connectivity index (χ0n) is 13.5. The number of carbonyl (C=O) groups is 1. The number of ether oxygens (including phenoxy) is 1. The molecule has 2 heterocycles. The second-order valence-electron chi connectivity index (χ2n) is 5.55. The molecule has 0 saturated carbocycles. The van der Waals surface area contributed by atoms with E-state index < -0.39 is 5.92 Å². The molecule has 1 N–H and O–H groups in total. The molecule has 4 nitrogen and oxygen atoms in total. The van der Waals surface area contributed by atoms with Crippen molar-refractivity contribution in [3.8, 4) is 11.8 Å². The minimum atomic E-state index is -0.420. The van der Waals surface area contributed by atoms with Gasteiger partial charge >= 0.3 is 0 Å². The Morgan fingerprint density at radius 2 is 2.12 bits per heavy atom.